The first-order valence-corrected chi connectivity index (χ1v) is 7.97. The van der Waals surface area contributed by atoms with Crippen molar-refractivity contribution in [2.75, 3.05) is 0 Å². The summed E-state index contributed by atoms with van der Waals surface area (Å²) in [6.45, 7) is 3.88. The maximum atomic E-state index is 12.5. The molecule has 122 valence electrons. The number of hydrogen-bond donors (Lipinski definition) is 0. The maximum Gasteiger partial charge on any atom is 0.342 e. The van der Waals surface area contributed by atoms with Crippen molar-refractivity contribution in [2.24, 2.45) is 0 Å². The van der Waals surface area contributed by atoms with Gasteiger partial charge in [0.15, 0.2) is 0 Å². The Morgan fingerprint density at radius 3 is 2.42 bits per heavy atom. The van der Waals surface area contributed by atoms with Crippen molar-refractivity contribution in [1.82, 2.24) is 9.78 Å². The van der Waals surface area contributed by atoms with Crippen LogP contribution < -0.4 is 0 Å². The van der Waals surface area contributed by atoms with Gasteiger partial charge < -0.3 is 4.74 Å². The molecule has 0 spiro atoms. The predicted molar refractivity (Wildman–Crippen MR) is 93.6 cm³/mol. The lowest BCUT2D eigenvalue weighted by molar-refractivity contribution is 0.0471. The number of rotatable bonds is 4. The quantitative estimate of drug-likeness (QED) is 0.657. The molecule has 0 amide bonds. The number of carbonyl (C=O) groups is 1. The number of aryl methyl sites for hydroxylation is 1. The molecule has 0 saturated carbocycles. The summed E-state index contributed by atoms with van der Waals surface area (Å²) in [5.74, 6) is -0.373. The highest BCUT2D eigenvalue weighted by molar-refractivity contribution is 6.30. The standard InChI is InChI=1S/C19H17ClN2O2/c1-13-18(14(2)22(21-13)17-6-4-3-5-7-17)19(23)24-12-15-8-10-16(20)11-9-15/h3-11H,12H2,1-2H3. The summed E-state index contributed by atoms with van der Waals surface area (Å²) in [6, 6.07) is 16.9. The van der Waals surface area contributed by atoms with Crippen LogP contribution in [0, 0.1) is 13.8 Å². The number of ether oxygens (including phenoxy) is 1. The van der Waals surface area contributed by atoms with Gasteiger partial charge in [-0.3, -0.25) is 0 Å². The zero-order valence-corrected chi connectivity index (χ0v) is 14.2. The summed E-state index contributed by atoms with van der Waals surface area (Å²) in [7, 11) is 0. The fraction of sp³-hybridized carbons (Fsp3) is 0.158. The van der Waals surface area contributed by atoms with E-state index in [1.165, 1.54) is 0 Å². The van der Waals surface area contributed by atoms with Gasteiger partial charge in [-0.15, -0.1) is 0 Å². The first-order valence-electron chi connectivity index (χ1n) is 7.59. The average Bonchev–Trinajstić information content (AvgIpc) is 2.89. The third kappa shape index (κ3) is 3.34. The zero-order valence-electron chi connectivity index (χ0n) is 13.5. The molecule has 0 bridgehead atoms. The van der Waals surface area contributed by atoms with E-state index in [2.05, 4.69) is 5.10 Å². The highest BCUT2D eigenvalue weighted by Gasteiger charge is 2.20. The van der Waals surface area contributed by atoms with E-state index < -0.39 is 0 Å². The molecule has 0 saturated heterocycles. The molecule has 0 aliphatic carbocycles. The molecule has 0 aliphatic rings. The maximum absolute atomic E-state index is 12.5. The molecule has 0 fully saturated rings. The molecule has 3 rings (SSSR count). The Labute approximate surface area is 145 Å². The van der Waals surface area contributed by atoms with Crippen LogP contribution >= 0.6 is 11.6 Å². The summed E-state index contributed by atoms with van der Waals surface area (Å²) >= 11 is 5.85. The van der Waals surface area contributed by atoms with E-state index in [0.29, 0.717) is 16.3 Å². The summed E-state index contributed by atoms with van der Waals surface area (Å²) in [5.41, 5.74) is 3.72. The lowest BCUT2D eigenvalue weighted by Gasteiger charge is -2.07. The van der Waals surface area contributed by atoms with Gasteiger partial charge in [0.05, 0.1) is 17.1 Å². The Morgan fingerprint density at radius 2 is 1.75 bits per heavy atom. The Morgan fingerprint density at radius 1 is 1.08 bits per heavy atom. The largest absolute Gasteiger partial charge is 0.457 e. The summed E-state index contributed by atoms with van der Waals surface area (Å²) in [6.07, 6.45) is 0. The fourth-order valence-corrected chi connectivity index (χ4v) is 2.69. The predicted octanol–water partition coefficient (Wildman–Crippen LogP) is 4.50. The third-order valence-corrected chi connectivity index (χ3v) is 4.03. The molecule has 2 aromatic carbocycles. The van der Waals surface area contributed by atoms with Crippen LogP contribution in [0.1, 0.15) is 27.3 Å². The van der Waals surface area contributed by atoms with Crippen molar-refractivity contribution in [2.45, 2.75) is 20.5 Å². The number of nitrogens with zero attached hydrogens (tertiary/aromatic N) is 2. The van der Waals surface area contributed by atoms with E-state index >= 15 is 0 Å². The van der Waals surface area contributed by atoms with Gasteiger partial charge in [-0.05, 0) is 43.7 Å². The third-order valence-electron chi connectivity index (χ3n) is 3.78. The van der Waals surface area contributed by atoms with Crippen LogP contribution in [0.3, 0.4) is 0 Å². The number of aromatic nitrogens is 2. The Hall–Kier alpha value is -2.59. The Balaban J connectivity index is 1.80. The highest BCUT2D eigenvalue weighted by atomic mass is 35.5. The van der Waals surface area contributed by atoms with Crippen LogP contribution in [0.4, 0.5) is 0 Å². The van der Waals surface area contributed by atoms with Crippen LogP contribution in [0.5, 0.6) is 0 Å². The van der Waals surface area contributed by atoms with E-state index in [1.54, 1.807) is 16.8 Å². The molecule has 3 aromatic rings. The van der Waals surface area contributed by atoms with E-state index in [9.17, 15) is 4.79 Å². The number of hydrogen-bond acceptors (Lipinski definition) is 3. The molecule has 1 aromatic heterocycles. The van der Waals surface area contributed by atoms with Gasteiger partial charge in [-0.1, -0.05) is 41.9 Å². The molecule has 0 aliphatic heterocycles. The minimum absolute atomic E-state index is 0.200. The number of carbonyl (C=O) groups excluding carboxylic acids is 1. The van der Waals surface area contributed by atoms with Gasteiger partial charge in [-0.25, -0.2) is 9.48 Å². The smallest absolute Gasteiger partial charge is 0.342 e. The second-order valence-electron chi connectivity index (χ2n) is 5.50. The monoisotopic (exact) mass is 340 g/mol. The van der Waals surface area contributed by atoms with Crippen LogP contribution in [-0.4, -0.2) is 15.7 Å². The first-order chi connectivity index (χ1) is 11.6. The average molecular weight is 341 g/mol. The molecule has 0 atom stereocenters. The summed E-state index contributed by atoms with van der Waals surface area (Å²) < 4.78 is 7.19. The Kier molecular flexibility index (Phi) is 4.67. The van der Waals surface area contributed by atoms with Gasteiger partial charge >= 0.3 is 5.97 Å². The normalized spacial score (nSPS) is 10.6. The topological polar surface area (TPSA) is 44.1 Å². The van der Waals surface area contributed by atoms with Crippen molar-refractivity contribution in [3.63, 3.8) is 0 Å². The fourth-order valence-electron chi connectivity index (χ4n) is 2.56. The summed E-state index contributed by atoms with van der Waals surface area (Å²) in [4.78, 5) is 12.5. The molecular weight excluding hydrogens is 324 g/mol. The van der Waals surface area contributed by atoms with Crippen molar-refractivity contribution < 1.29 is 9.53 Å². The van der Waals surface area contributed by atoms with E-state index in [1.807, 2.05) is 56.3 Å². The van der Waals surface area contributed by atoms with Gasteiger partial charge in [0.1, 0.15) is 12.2 Å². The van der Waals surface area contributed by atoms with Gasteiger partial charge in [0.25, 0.3) is 0 Å². The van der Waals surface area contributed by atoms with E-state index in [0.717, 1.165) is 16.9 Å². The SMILES string of the molecule is Cc1nn(-c2ccccc2)c(C)c1C(=O)OCc1ccc(Cl)cc1. The molecule has 1 heterocycles. The second-order valence-corrected chi connectivity index (χ2v) is 5.93. The van der Waals surface area contributed by atoms with Crippen LogP contribution in [0.15, 0.2) is 54.6 Å². The van der Waals surface area contributed by atoms with Crippen LogP contribution in [0.25, 0.3) is 5.69 Å². The number of benzene rings is 2. The lowest BCUT2D eigenvalue weighted by Crippen LogP contribution is -2.08. The van der Waals surface area contributed by atoms with E-state index in [4.69, 9.17) is 16.3 Å². The van der Waals surface area contributed by atoms with Crippen LogP contribution in [-0.2, 0) is 11.3 Å². The molecule has 0 N–H and O–H groups in total. The molecular formula is C19H17ClN2O2. The van der Waals surface area contributed by atoms with Gasteiger partial charge in [0, 0.05) is 5.02 Å². The highest BCUT2D eigenvalue weighted by Crippen LogP contribution is 2.19. The van der Waals surface area contributed by atoms with Crippen LogP contribution in [0.2, 0.25) is 5.02 Å². The van der Waals surface area contributed by atoms with Crippen molar-refractivity contribution in [3.8, 4) is 5.69 Å². The van der Waals surface area contributed by atoms with Crippen molar-refractivity contribution >= 4 is 17.6 Å². The minimum atomic E-state index is -0.373. The van der Waals surface area contributed by atoms with E-state index in [-0.39, 0.29) is 12.6 Å². The molecule has 24 heavy (non-hydrogen) atoms. The van der Waals surface area contributed by atoms with Gasteiger partial charge in [0.2, 0.25) is 0 Å². The molecule has 0 radical (unpaired) electrons. The molecule has 0 unspecified atom stereocenters. The number of para-hydroxylation sites is 1. The lowest BCUT2D eigenvalue weighted by atomic mass is 10.2. The summed E-state index contributed by atoms with van der Waals surface area (Å²) in [5, 5.41) is 5.12. The number of halogens is 1. The number of esters is 1. The van der Waals surface area contributed by atoms with Crippen molar-refractivity contribution in [3.05, 3.63) is 82.1 Å². The second kappa shape index (κ2) is 6.89. The van der Waals surface area contributed by atoms with Crippen molar-refractivity contribution in [1.29, 1.82) is 0 Å². The molecule has 4 nitrogen and oxygen atoms in total. The van der Waals surface area contributed by atoms with Gasteiger partial charge in [-0.2, -0.15) is 5.10 Å². The first kappa shape index (κ1) is 16.3. The minimum Gasteiger partial charge on any atom is -0.457 e. The zero-order chi connectivity index (χ0) is 17.1. The Bertz CT molecular complexity index is 855. The molecule has 5 heteroatoms.